The third-order valence-electron chi connectivity index (χ3n) is 6.32. The van der Waals surface area contributed by atoms with E-state index in [4.69, 9.17) is 4.74 Å². The molecular formula is C26H33F3N4O6. The number of hydrogen-bond donors (Lipinski definition) is 4. The molecule has 13 heteroatoms. The number of carbonyl (C=O) groups excluding carboxylic acids is 4. The lowest BCUT2D eigenvalue weighted by atomic mass is 9.95. The van der Waals surface area contributed by atoms with Crippen LogP contribution < -0.4 is 20.7 Å². The topological polar surface area (TPSA) is 139 Å². The van der Waals surface area contributed by atoms with Gasteiger partial charge >= 0.3 is 6.18 Å². The fourth-order valence-corrected chi connectivity index (χ4v) is 4.43. The molecule has 2 heterocycles. The van der Waals surface area contributed by atoms with Gasteiger partial charge in [0.25, 0.3) is 5.91 Å². The number of benzene rings is 1. The standard InChI is InChI=1S/C26H33F3N4O6/c1-14(2)9-19(33-25(37)20-11-16-17(31-20)5-4-6-22(16)38-3)24(36)32-18(10-15-7-8-30-23(15)35)21(34)12-39-13-26(27,28)29/h4-6,11,14-15,18-19,31H,7-10,12-13H2,1-3H3,(H,30,35)(H,32,36)(H,33,37)/t15-,18-,19-/m0/s1. The second-order valence-corrected chi connectivity index (χ2v) is 9.91. The third-order valence-corrected chi connectivity index (χ3v) is 6.32. The van der Waals surface area contributed by atoms with Crippen molar-refractivity contribution in [3.05, 3.63) is 30.0 Å². The van der Waals surface area contributed by atoms with Crippen LogP contribution >= 0.6 is 0 Å². The number of rotatable bonds is 13. The van der Waals surface area contributed by atoms with Gasteiger partial charge in [-0.15, -0.1) is 0 Å². The average molecular weight is 555 g/mol. The van der Waals surface area contributed by atoms with Crippen LogP contribution in [0.2, 0.25) is 0 Å². The van der Waals surface area contributed by atoms with Crippen molar-refractivity contribution in [2.45, 2.75) is 51.4 Å². The quantitative estimate of drug-likeness (QED) is 0.300. The molecule has 0 spiro atoms. The summed E-state index contributed by atoms with van der Waals surface area (Å²) in [6.45, 7) is 1.57. The second-order valence-electron chi connectivity index (χ2n) is 9.91. The van der Waals surface area contributed by atoms with Crippen molar-refractivity contribution < 1.29 is 41.8 Å². The number of Topliss-reactive ketones (excluding diaryl/α,β-unsaturated/α-hetero) is 1. The lowest BCUT2D eigenvalue weighted by molar-refractivity contribution is -0.175. The lowest BCUT2D eigenvalue weighted by Gasteiger charge is -2.25. The van der Waals surface area contributed by atoms with E-state index in [1.165, 1.54) is 7.11 Å². The summed E-state index contributed by atoms with van der Waals surface area (Å²) in [5.41, 5.74) is 0.843. The number of aromatic amines is 1. The number of aromatic nitrogens is 1. The summed E-state index contributed by atoms with van der Waals surface area (Å²) in [5.74, 6) is -2.44. The van der Waals surface area contributed by atoms with Gasteiger partial charge in [-0.05, 0) is 43.4 Å². The third kappa shape index (κ3) is 8.44. The van der Waals surface area contributed by atoms with E-state index < -0.39 is 55.0 Å². The van der Waals surface area contributed by atoms with Gasteiger partial charge in [-0.25, -0.2) is 0 Å². The Balaban J connectivity index is 1.75. The first-order valence-corrected chi connectivity index (χ1v) is 12.6. The summed E-state index contributed by atoms with van der Waals surface area (Å²) in [4.78, 5) is 54.2. The molecule has 1 aromatic carbocycles. The maximum absolute atomic E-state index is 13.3. The maximum atomic E-state index is 13.3. The van der Waals surface area contributed by atoms with Crippen LogP contribution in [0.15, 0.2) is 24.3 Å². The number of ketones is 1. The van der Waals surface area contributed by atoms with Crippen molar-refractivity contribution >= 4 is 34.4 Å². The Kier molecular flexibility index (Phi) is 9.95. The highest BCUT2D eigenvalue weighted by atomic mass is 19.4. The highest BCUT2D eigenvalue weighted by Crippen LogP contribution is 2.26. The maximum Gasteiger partial charge on any atom is 0.411 e. The molecule has 0 radical (unpaired) electrons. The number of fused-ring (bicyclic) bond motifs is 1. The molecule has 2 aromatic rings. The molecule has 3 rings (SSSR count). The zero-order chi connectivity index (χ0) is 28.7. The molecule has 3 amide bonds. The first-order chi connectivity index (χ1) is 18.4. The fraction of sp³-hybridized carbons (Fsp3) is 0.538. The summed E-state index contributed by atoms with van der Waals surface area (Å²) in [5, 5.41) is 8.53. The summed E-state index contributed by atoms with van der Waals surface area (Å²) < 4.78 is 47.3. The highest BCUT2D eigenvalue weighted by molar-refractivity contribution is 6.02. The Morgan fingerprint density at radius 3 is 2.51 bits per heavy atom. The summed E-state index contributed by atoms with van der Waals surface area (Å²) >= 11 is 0. The molecule has 1 aliphatic rings. The van der Waals surface area contributed by atoms with E-state index in [0.29, 0.717) is 29.6 Å². The van der Waals surface area contributed by atoms with Gasteiger partial charge in [0.2, 0.25) is 11.8 Å². The van der Waals surface area contributed by atoms with E-state index >= 15 is 0 Å². The highest BCUT2D eigenvalue weighted by Gasteiger charge is 2.34. The number of methoxy groups -OCH3 is 1. The predicted octanol–water partition coefficient (Wildman–Crippen LogP) is 2.48. The smallest absolute Gasteiger partial charge is 0.411 e. The Morgan fingerprint density at radius 2 is 1.90 bits per heavy atom. The van der Waals surface area contributed by atoms with Gasteiger partial charge in [0.15, 0.2) is 5.78 Å². The van der Waals surface area contributed by atoms with Crippen LogP contribution in [0.3, 0.4) is 0 Å². The number of ether oxygens (including phenoxy) is 2. The summed E-state index contributed by atoms with van der Waals surface area (Å²) in [7, 11) is 1.51. The Hall–Kier alpha value is -3.61. The van der Waals surface area contributed by atoms with Gasteiger partial charge in [-0.2, -0.15) is 13.2 Å². The molecular weight excluding hydrogens is 521 g/mol. The van der Waals surface area contributed by atoms with Gasteiger partial charge < -0.3 is 30.4 Å². The van der Waals surface area contributed by atoms with Crippen LogP contribution in [0.1, 0.15) is 43.6 Å². The van der Waals surface area contributed by atoms with Gasteiger partial charge in [0.1, 0.15) is 30.7 Å². The van der Waals surface area contributed by atoms with Crippen LogP contribution in [0.5, 0.6) is 5.75 Å². The molecule has 1 aliphatic heterocycles. The molecule has 0 bridgehead atoms. The molecule has 0 saturated carbocycles. The molecule has 0 aliphatic carbocycles. The van der Waals surface area contributed by atoms with Crippen molar-refractivity contribution in [1.29, 1.82) is 0 Å². The molecule has 3 atom stereocenters. The van der Waals surface area contributed by atoms with Crippen molar-refractivity contribution in [2.75, 3.05) is 26.9 Å². The van der Waals surface area contributed by atoms with Gasteiger partial charge in [-0.1, -0.05) is 19.9 Å². The fourth-order valence-electron chi connectivity index (χ4n) is 4.43. The Bertz CT molecular complexity index is 1200. The van der Waals surface area contributed by atoms with Gasteiger partial charge in [0, 0.05) is 23.4 Å². The van der Waals surface area contributed by atoms with Crippen LogP contribution in [-0.2, 0) is 19.1 Å². The minimum atomic E-state index is -4.62. The SMILES string of the molecule is COc1cccc2[nH]c(C(=O)N[C@@H](CC(C)C)C(=O)N[C@@H](C[C@@H]3CCNC3=O)C(=O)COCC(F)(F)F)cc12. The van der Waals surface area contributed by atoms with E-state index in [1.54, 1.807) is 24.3 Å². The number of alkyl halides is 3. The minimum absolute atomic E-state index is 0.0336. The summed E-state index contributed by atoms with van der Waals surface area (Å²) in [6, 6.07) is 4.53. The van der Waals surface area contributed by atoms with Crippen LogP contribution in [-0.4, -0.2) is 73.6 Å². The largest absolute Gasteiger partial charge is 0.496 e. The molecule has 1 fully saturated rings. The lowest BCUT2D eigenvalue weighted by Crippen LogP contribution is -2.53. The zero-order valence-corrected chi connectivity index (χ0v) is 21.9. The molecule has 1 saturated heterocycles. The second kappa shape index (κ2) is 13.0. The molecule has 10 nitrogen and oxygen atoms in total. The minimum Gasteiger partial charge on any atom is -0.496 e. The average Bonchev–Trinajstić information content (AvgIpc) is 3.47. The van der Waals surface area contributed by atoms with E-state index in [0.717, 1.165) is 0 Å². The van der Waals surface area contributed by atoms with E-state index in [2.05, 4.69) is 25.7 Å². The van der Waals surface area contributed by atoms with Crippen LogP contribution in [0, 0.1) is 11.8 Å². The predicted molar refractivity (Wildman–Crippen MR) is 135 cm³/mol. The van der Waals surface area contributed by atoms with Gasteiger partial charge in [-0.3, -0.25) is 19.2 Å². The van der Waals surface area contributed by atoms with Crippen LogP contribution in [0.4, 0.5) is 13.2 Å². The number of carbonyl (C=O) groups is 4. The number of H-pyrrole nitrogens is 1. The van der Waals surface area contributed by atoms with Crippen molar-refractivity contribution in [3.63, 3.8) is 0 Å². The molecule has 39 heavy (non-hydrogen) atoms. The van der Waals surface area contributed by atoms with Crippen molar-refractivity contribution in [3.8, 4) is 5.75 Å². The van der Waals surface area contributed by atoms with Crippen molar-refractivity contribution in [1.82, 2.24) is 20.9 Å². The number of hydrogen-bond acceptors (Lipinski definition) is 6. The van der Waals surface area contributed by atoms with E-state index in [1.807, 2.05) is 13.8 Å². The van der Waals surface area contributed by atoms with Gasteiger partial charge in [0.05, 0.1) is 13.2 Å². The molecule has 4 N–H and O–H groups in total. The zero-order valence-electron chi connectivity index (χ0n) is 21.9. The first-order valence-electron chi connectivity index (χ1n) is 12.6. The Morgan fingerprint density at radius 1 is 1.15 bits per heavy atom. The summed E-state index contributed by atoms with van der Waals surface area (Å²) in [6.07, 6.45) is -4.09. The number of halogens is 3. The first kappa shape index (κ1) is 29.9. The Labute approximate surface area is 223 Å². The van der Waals surface area contributed by atoms with E-state index in [9.17, 15) is 32.3 Å². The molecule has 1 aromatic heterocycles. The normalized spacial score (nSPS) is 17.1. The number of nitrogens with one attached hydrogen (secondary N) is 4. The van der Waals surface area contributed by atoms with Crippen LogP contribution in [0.25, 0.3) is 10.9 Å². The molecule has 214 valence electrons. The monoisotopic (exact) mass is 554 g/mol. The molecule has 0 unspecified atom stereocenters. The number of amides is 3. The van der Waals surface area contributed by atoms with Crippen molar-refractivity contribution in [2.24, 2.45) is 11.8 Å². The van der Waals surface area contributed by atoms with E-state index in [-0.39, 0.29) is 30.4 Å².